The molecule has 0 bridgehead atoms. The van der Waals surface area contributed by atoms with Gasteiger partial charge in [-0.2, -0.15) is 0 Å². The highest BCUT2D eigenvalue weighted by atomic mass is 35.5. The predicted octanol–water partition coefficient (Wildman–Crippen LogP) is 5.28. The van der Waals surface area contributed by atoms with Crippen molar-refractivity contribution in [2.45, 2.75) is 39.7 Å². The van der Waals surface area contributed by atoms with E-state index in [0.29, 0.717) is 30.3 Å². The zero-order valence-corrected chi connectivity index (χ0v) is 20.8. The number of aliphatic hydroxyl groups is 1. The van der Waals surface area contributed by atoms with E-state index < -0.39 is 17.7 Å². The number of ketones is 1. The summed E-state index contributed by atoms with van der Waals surface area (Å²) in [5.41, 5.74) is 1.28. The van der Waals surface area contributed by atoms with Crippen LogP contribution in [-0.2, 0) is 9.59 Å². The third-order valence-electron chi connectivity index (χ3n) is 6.17. The lowest BCUT2D eigenvalue weighted by molar-refractivity contribution is -0.140. The minimum absolute atomic E-state index is 0.0894. The van der Waals surface area contributed by atoms with Gasteiger partial charge in [0.25, 0.3) is 11.7 Å². The van der Waals surface area contributed by atoms with Crippen LogP contribution in [0.1, 0.15) is 50.8 Å². The number of amides is 1. The van der Waals surface area contributed by atoms with Crippen molar-refractivity contribution in [2.24, 2.45) is 0 Å². The zero-order valence-electron chi connectivity index (χ0n) is 20.1. The highest BCUT2D eigenvalue weighted by Gasteiger charge is 2.45. The summed E-state index contributed by atoms with van der Waals surface area (Å²) in [6.07, 6.45) is 2.01. The molecular formula is C27H33ClN2O4. The Morgan fingerprint density at radius 3 is 2.26 bits per heavy atom. The second kappa shape index (κ2) is 12.0. The molecule has 182 valence electrons. The van der Waals surface area contributed by atoms with Gasteiger partial charge >= 0.3 is 0 Å². The first-order valence-corrected chi connectivity index (χ1v) is 12.3. The molecule has 1 aliphatic heterocycles. The van der Waals surface area contributed by atoms with Crippen molar-refractivity contribution in [1.29, 1.82) is 0 Å². The molecule has 1 aliphatic rings. The summed E-state index contributed by atoms with van der Waals surface area (Å²) in [5, 5.41) is 11.6. The molecule has 0 saturated carbocycles. The van der Waals surface area contributed by atoms with Gasteiger partial charge in [0.2, 0.25) is 0 Å². The molecule has 0 radical (unpaired) electrons. The molecule has 1 amide bonds. The van der Waals surface area contributed by atoms with Crippen LogP contribution >= 0.6 is 11.6 Å². The number of benzene rings is 2. The number of carbonyl (C=O) groups is 2. The smallest absolute Gasteiger partial charge is 0.295 e. The van der Waals surface area contributed by atoms with Crippen LogP contribution in [0.3, 0.4) is 0 Å². The Morgan fingerprint density at radius 1 is 1.03 bits per heavy atom. The number of rotatable bonds is 11. The quantitative estimate of drug-likeness (QED) is 0.203. The number of carbonyl (C=O) groups excluding carboxylic acids is 2. The first-order chi connectivity index (χ1) is 16.4. The summed E-state index contributed by atoms with van der Waals surface area (Å²) in [6, 6.07) is 13.3. The van der Waals surface area contributed by atoms with Gasteiger partial charge in [-0.15, -0.1) is 0 Å². The summed E-state index contributed by atoms with van der Waals surface area (Å²) < 4.78 is 5.77. The second-order valence-corrected chi connectivity index (χ2v) is 8.73. The number of nitrogens with zero attached hydrogens (tertiary/aromatic N) is 2. The maximum absolute atomic E-state index is 13.1. The molecule has 2 aromatic rings. The number of hydrogen-bond acceptors (Lipinski definition) is 5. The Morgan fingerprint density at radius 2 is 1.68 bits per heavy atom. The van der Waals surface area contributed by atoms with E-state index in [1.54, 1.807) is 29.2 Å². The molecule has 7 heteroatoms. The summed E-state index contributed by atoms with van der Waals surface area (Å²) in [7, 11) is 0. The van der Waals surface area contributed by atoms with Crippen molar-refractivity contribution in [3.05, 3.63) is 70.3 Å². The lowest BCUT2D eigenvalue weighted by atomic mass is 9.95. The molecule has 34 heavy (non-hydrogen) atoms. The van der Waals surface area contributed by atoms with E-state index in [4.69, 9.17) is 16.3 Å². The lowest BCUT2D eigenvalue weighted by Gasteiger charge is -2.28. The Hall–Kier alpha value is -2.83. The third kappa shape index (κ3) is 5.80. The number of likely N-dealkylation sites (tertiary alicyclic amines) is 1. The van der Waals surface area contributed by atoms with Gasteiger partial charge in [0, 0.05) is 23.7 Å². The molecule has 2 aromatic carbocycles. The van der Waals surface area contributed by atoms with Crippen LogP contribution in [0.15, 0.2) is 54.1 Å². The van der Waals surface area contributed by atoms with E-state index in [2.05, 4.69) is 25.7 Å². The molecule has 1 heterocycles. The van der Waals surface area contributed by atoms with E-state index >= 15 is 0 Å². The number of likely N-dealkylation sites (N-methyl/N-ethyl adjacent to an activating group) is 1. The van der Waals surface area contributed by atoms with E-state index in [9.17, 15) is 14.7 Å². The number of aliphatic hydroxyl groups excluding tert-OH is 1. The van der Waals surface area contributed by atoms with Crippen molar-refractivity contribution >= 4 is 29.1 Å². The molecule has 3 rings (SSSR count). The number of hydrogen-bond donors (Lipinski definition) is 1. The summed E-state index contributed by atoms with van der Waals surface area (Å²) in [5.74, 6) is -0.750. The fourth-order valence-corrected chi connectivity index (χ4v) is 4.22. The van der Waals surface area contributed by atoms with Gasteiger partial charge in [-0.05, 0) is 61.5 Å². The normalized spacial score (nSPS) is 17.6. The molecule has 1 atom stereocenters. The first-order valence-electron chi connectivity index (χ1n) is 11.9. The van der Waals surface area contributed by atoms with E-state index in [1.165, 1.54) is 0 Å². The van der Waals surface area contributed by atoms with Crippen LogP contribution in [0, 0.1) is 0 Å². The van der Waals surface area contributed by atoms with Crippen LogP contribution in [0.4, 0.5) is 0 Å². The van der Waals surface area contributed by atoms with Gasteiger partial charge in [0.15, 0.2) is 0 Å². The number of halogens is 1. The zero-order chi connectivity index (χ0) is 24.7. The highest BCUT2D eigenvalue weighted by Crippen LogP contribution is 2.39. The van der Waals surface area contributed by atoms with Gasteiger partial charge in [0.1, 0.15) is 11.5 Å². The monoisotopic (exact) mass is 484 g/mol. The van der Waals surface area contributed by atoms with E-state index in [1.807, 2.05) is 24.3 Å². The summed E-state index contributed by atoms with van der Waals surface area (Å²) in [6.45, 7) is 9.57. The molecule has 1 fully saturated rings. The largest absolute Gasteiger partial charge is 0.507 e. The van der Waals surface area contributed by atoms with Gasteiger partial charge in [-0.1, -0.05) is 50.9 Å². The van der Waals surface area contributed by atoms with Crippen LogP contribution in [0.25, 0.3) is 5.76 Å². The lowest BCUT2D eigenvalue weighted by Crippen LogP contribution is -2.38. The average molecular weight is 485 g/mol. The number of unbranched alkanes of at least 4 members (excludes halogenated alkanes) is 1. The first kappa shape index (κ1) is 25.8. The maximum atomic E-state index is 13.1. The predicted molar refractivity (Wildman–Crippen MR) is 135 cm³/mol. The van der Waals surface area contributed by atoms with Crippen LogP contribution in [0.5, 0.6) is 5.75 Å². The van der Waals surface area contributed by atoms with Gasteiger partial charge in [-0.25, -0.2) is 0 Å². The summed E-state index contributed by atoms with van der Waals surface area (Å²) in [4.78, 5) is 30.0. The van der Waals surface area contributed by atoms with Crippen molar-refractivity contribution in [1.82, 2.24) is 9.80 Å². The number of Topliss-reactive ketones (excluding diaryl/α,β-unsaturated/α-hetero) is 1. The van der Waals surface area contributed by atoms with Crippen LogP contribution in [0.2, 0.25) is 5.02 Å². The van der Waals surface area contributed by atoms with Crippen molar-refractivity contribution in [3.8, 4) is 5.75 Å². The molecular weight excluding hydrogens is 452 g/mol. The maximum Gasteiger partial charge on any atom is 0.295 e. The SMILES string of the molecule is CCCCOc1ccc(C2C(=C(O)c3ccc(Cl)cc3)C(=O)C(=O)N2CCN(CC)CC)cc1. The fraction of sp³-hybridized carbons (Fsp3) is 0.407. The minimum Gasteiger partial charge on any atom is -0.507 e. The standard InChI is InChI=1S/C27H33ClN2O4/c1-4-7-18-34-22-14-10-19(11-15-22)24-23(25(31)20-8-12-21(28)13-9-20)26(32)27(33)30(24)17-16-29(5-2)6-3/h8-15,24,31H,4-7,16-18H2,1-3H3. The Kier molecular flexibility index (Phi) is 9.13. The minimum atomic E-state index is -0.684. The molecule has 0 aromatic heterocycles. The molecule has 1 saturated heterocycles. The van der Waals surface area contributed by atoms with Crippen molar-refractivity contribution < 1.29 is 19.4 Å². The molecule has 6 nitrogen and oxygen atoms in total. The fourth-order valence-electron chi connectivity index (χ4n) is 4.09. The van der Waals surface area contributed by atoms with Gasteiger partial charge < -0.3 is 19.6 Å². The molecule has 1 unspecified atom stereocenters. The second-order valence-electron chi connectivity index (χ2n) is 8.30. The number of ether oxygens (including phenoxy) is 1. The van der Waals surface area contributed by atoms with Crippen molar-refractivity contribution in [3.63, 3.8) is 0 Å². The van der Waals surface area contributed by atoms with E-state index in [0.717, 1.165) is 37.2 Å². The molecule has 1 N–H and O–H groups in total. The Bertz CT molecular complexity index is 1010. The average Bonchev–Trinajstić information content (AvgIpc) is 3.10. The topological polar surface area (TPSA) is 70.1 Å². The Labute approximate surface area is 206 Å². The Balaban J connectivity index is 2.01. The van der Waals surface area contributed by atoms with Crippen LogP contribution < -0.4 is 4.74 Å². The molecule has 0 aliphatic carbocycles. The van der Waals surface area contributed by atoms with Crippen molar-refractivity contribution in [2.75, 3.05) is 32.8 Å². The highest BCUT2D eigenvalue weighted by molar-refractivity contribution is 6.46. The van der Waals surface area contributed by atoms with Gasteiger partial charge in [-0.3, -0.25) is 9.59 Å². The summed E-state index contributed by atoms with van der Waals surface area (Å²) >= 11 is 5.99. The van der Waals surface area contributed by atoms with Crippen LogP contribution in [-0.4, -0.2) is 59.4 Å². The van der Waals surface area contributed by atoms with E-state index in [-0.39, 0.29) is 11.3 Å². The molecule has 0 spiro atoms. The third-order valence-corrected chi connectivity index (χ3v) is 6.42. The van der Waals surface area contributed by atoms with Gasteiger partial charge in [0.05, 0.1) is 18.2 Å².